The summed E-state index contributed by atoms with van der Waals surface area (Å²) < 4.78 is 12.9. The third-order valence-corrected chi connectivity index (χ3v) is 14.1. The number of furan rings is 2. The number of fused-ring (bicyclic) bond motifs is 11. The minimum absolute atomic E-state index is 0.884. The minimum atomic E-state index is 0.884. The fraction of sp³-hybridized carbons (Fsp3) is 0. The normalized spacial score (nSPS) is 11.8. The second-order valence-electron chi connectivity index (χ2n) is 18.0. The van der Waals surface area contributed by atoms with E-state index in [4.69, 9.17) is 8.83 Å². The summed E-state index contributed by atoms with van der Waals surface area (Å²) in [6, 6.07) is 89.7. The zero-order valence-corrected chi connectivity index (χ0v) is 37.4. The van der Waals surface area contributed by atoms with Gasteiger partial charge in [0.25, 0.3) is 0 Å². The molecule has 0 saturated heterocycles. The lowest BCUT2D eigenvalue weighted by Crippen LogP contribution is -2.11. The van der Waals surface area contributed by atoms with Crippen molar-refractivity contribution in [2.24, 2.45) is 0 Å². The van der Waals surface area contributed by atoms with E-state index in [1.54, 1.807) is 0 Å². The molecule has 322 valence electrons. The Hall–Kier alpha value is -9.18. The van der Waals surface area contributed by atoms with Crippen molar-refractivity contribution in [1.82, 2.24) is 0 Å². The van der Waals surface area contributed by atoms with Crippen molar-refractivity contribution in [2.45, 2.75) is 0 Å². The Bertz CT molecular complexity index is 4290. The van der Waals surface area contributed by atoms with E-state index in [0.717, 1.165) is 105 Å². The molecule has 3 nitrogen and oxygen atoms in total. The molecule has 0 fully saturated rings. The van der Waals surface area contributed by atoms with Crippen LogP contribution in [0.1, 0.15) is 0 Å². The van der Waals surface area contributed by atoms with Gasteiger partial charge in [-0.2, -0.15) is 0 Å². The smallest absolute Gasteiger partial charge is 0.143 e. The number of hydrogen-bond acceptors (Lipinski definition) is 3. The predicted molar refractivity (Wildman–Crippen MR) is 290 cm³/mol. The molecular formula is C66H41NO2. The summed E-state index contributed by atoms with van der Waals surface area (Å²) in [6.07, 6.45) is 0. The first-order valence-electron chi connectivity index (χ1n) is 23.6. The molecule has 14 rings (SSSR count). The van der Waals surface area contributed by atoms with E-state index in [-0.39, 0.29) is 0 Å². The molecule has 0 saturated carbocycles. The molecule has 0 aliphatic carbocycles. The molecule has 0 bridgehead atoms. The van der Waals surface area contributed by atoms with Gasteiger partial charge in [-0.3, -0.25) is 0 Å². The summed E-state index contributed by atoms with van der Waals surface area (Å²) in [5.41, 5.74) is 15.9. The summed E-state index contributed by atoms with van der Waals surface area (Å²) >= 11 is 0. The summed E-state index contributed by atoms with van der Waals surface area (Å²) in [6.45, 7) is 0. The molecular weight excluding hydrogens is 839 g/mol. The van der Waals surface area contributed by atoms with Crippen LogP contribution in [0.4, 0.5) is 17.1 Å². The fourth-order valence-corrected chi connectivity index (χ4v) is 10.8. The highest BCUT2D eigenvalue weighted by Gasteiger charge is 2.21. The monoisotopic (exact) mass is 879 g/mol. The quantitative estimate of drug-likeness (QED) is 0.149. The molecule has 0 spiro atoms. The van der Waals surface area contributed by atoms with Crippen LogP contribution in [-0.2, 0) is 0 Å². The van der Waals surface area contributed by atoms with Crippen LogP contribution in [0.2, 0.25) is 0 Å². The second-order valence-corrected chi connectivity index (χ2v) is 18.0. The largest absolute Gasteiger partial charge is 0.456 e. The molecule has 2 aromatic heterocycles. The van der Waals surface area contributed by atoms with Crippen LogP contribution in [0.25, 0.3) is 121 Å². The van der Waals surface area contributed by atoms with Gasteiger partial charge in [0.2, 0.25) is 0 Å². The first-order valence-corrected chi connectivity index (χ1v) is 23.6. The van der Waals surface area contributed by atoms with E-state index in [1.807, 2.05) is 12.1 Å². The van der Waals surface area contributed by atoms with Gasteiger partial charge in [0.15, 0.2) is 0 Å². The summed E-state index contributed by atoms with van der Waals surface area (Å²) in [7, 11) is 0. The zero-order chi connectivity index (χ0) is 45.4. The van der Waals surface area contributed by atoms with Crippen molar-refractivity contribution < 1.29 is 8.83 Å². The predicted octanol–water partition coefficient (Wildman–Crippen LogP) is 19.1. The molecule has 2 heterocycles. The van der Waals surface area contributed by atoms with Gasteiger partial charge in [-0.05, 0) is 127 Å². The van der Waals surface area contributed by atoms with Crippen molar-refractivity contribution in [3.05, 3.63) is 249 Å². The Morgan fingerprint density at radius 2 is 0.826 bits per heavy atom. The molecule has 0 amide bonds. The van der Waals surface area contributed by atoms with E-state index in [1.165, 1.54) is 32.5 Å². The molecule has 3 heteroatoms. The van der Waals surface area contributed by atoms with Crippen LogP contribution in [0, 0.1) is 0 Å². The Morgan fingerprint density at radius 3 is 1.64 bits per heavy atom. The SMILES string of the molecule is c1ccc(-c2ccc(-c3cccc4c3ccc3ccccc34)cc2N(c2ccc(-c3ccc4c(c3)oc3ccccc34)cc2)c2ccc(-c3cccc4oc5c6ccccc6ccc5c34)cc2)cc1. The zero-order valence-electron chi connectivity index (χ0n) is 37.4. The Labute approximate surface area is 398 Å². The number of hydrogen-bond donors (Lipinski definition) is 0. The molecule has 0 N–H and O–H groups in total. The maximum Gasteiger partial charge on any atom is 0.143 e. The van der Waals surface area contributed by atoms with Crippen LogP contribution in [0.5, 0.6) is 0 Å². The van der Waals surface area contributed by atoms with Gasteiger partial charge < -0.3 is 13.7 Å². The number of rotatable bonds is 7. The number of anilines is 3. The van der Waals surface area contributed by atoms with E-state index in [9.17, 15) is 0 Å². The van der Waals surface area contributed by atoms with Crippen molar-refractivity contribution in [3.63, 3.8) is 0 Å². The number of nitrogens with zero attached hydrogens (tertiary/aromatic N) is 1. The molecule has 12 aromatic carbocycles. The molecule has 0 aliphatic rings. The highest BCUT2D eigenvalue weighted by molar-refractivity contribution is 6.19. The highest BCUT2D eigenvalue weighted by atomic mass is 16.3. The van der Waals surface area contributed by atoms with Crippen LogP contribution in [-0.4, -0.2) is 0 Å². The Kier molecular flexibility index (Phi) is 8.90. The first kappa shape index (κ1) is 39.0. The minimum Gasteiger partial charge on any atom is -0.456 e. The van der Waals surface area contributed by atoms with Gasteiger partial charge in [-0.1, -0.05) is 188 Å². The van der Waals surface area contributed by atoms with Crippen LogP contribution >= 0.6 is 0 Å². The van der Waals surface area contributed by atoms with E-state index in [2.05, 4.69) is 241 Å². The summed E-state index contributed by atoms with van der Waals surface area (Å²) in [5, 5.41) is 11.8. The third-order valence-electron chi connectivity index (χ3n) is 14.1. The van der Waals surface area contributed by atoms with Crippen molar-refractivity contribution >= 4 is 93.3 Å². The fourth-order valence-electron chi connectivity index (χ4n) is 10.8. The topological polar surface area (TPSA) is 29.5 Å². The maximum absolute atomic E-state index is 6.62. The summed E-state index contributed by atoms with van der Waals surface area (Å²) in [4.78, 5) is 2.42. The standard InChI is InChI=1S/C66H41NO2/c1-2-12-43(13-3-1)53-36-31-48(52-19-10-21-56-51-16-6-4-14-44(51)28-37-57(52)56)40-61(53)67(49-32-24-42(25-33-49)47-30-38-59-58-18-8-9-22-62(58)68-64(59)41-47)50-34-26-46(27-35-50)54-20-11-23-63-65(54)60-39-29-45-15-5-7-17-55(45)66(60)69-63/h1-41H. The van der Waals surface area contributed by atoms with Gasteiger partial charge in [-0.15, -0.1) is 0 Å². The van der Waals surface area contributed by atoms with Crippen LogP contribution in [0.3, 0.4) is 0 Å². The number of benzene rings is 12. The van der Waals surface area contributed by atoms with E-state index >= 15 is 0 Å². The third kappa shape index (κ3) is 6.43. The molecule has 0 unspecified atom stereocenters. The van der Waals surface area contributed by atoms with Crippen molar-refractivity contribution in [2.75, 3.05) is 4.90 Å². The lowest BCUT2D eigenvalue weighted by atomic mass is 9.92. The first-order chi connectivity index (χ1) is 34.2. The summed E-state index contributed by atoms with van der Waals surface area (Å²) in [5.74, 6) is 0. The van der Waals surface area contributed by atoms with Gasteiger partial charge in [0.1, 0.15) is 22.3 Å². The van der Waals surface area contributed by atoms with Crippen molar-refractivity contribution in [3.8, 4) is 44.5 Å². The van der Waals surface area contributed by atoms with Crippen LogP contribution < -0.4 is 4.90 Å². The molecule has 0 radical (unpaired) electrons. The lowest BCUT2D eigenvalue weighted by molar-refractivity contribution is 0.669. The second kappa shape index (κ2) is 15.7. The number of para-hydroxylation sites is 1. The average molecular weight is 880 g/mol. The van der Waals surface area contributed by atoms with Gasteiger partial charge in [0.05, 0.1) is 5.69 Å². The van der Waals surface area contributed by atoms with Crippen molar-refractivity contribution in [1.29, 1.82) is 0 Å². The lowest BCUT2D eigenvalue weighted by Gasteiger charge is -2.29. The van der Waals surface area contributed by atoms with Gasteiger partial charge in [-0.25, -0.2) is 0 Å². The Morgan fingerprint density at radius 1 is 0.261 bits per heavy atom. The van der Waals surface area contributed by atoms with E-state index in [0.29, 0.717) is 0 Å². The van der Waals surface area contributed by atoms with Gasteiger partial charge >= 0.3 is 0 Å². The Balaban J connectivity index is 0.947. The maximum atomic E-state index is 6.62. The van der Waals surface area contributed by atoms with E-state index < -0.39 is 0 Å². The highest BCUT2D eigenvalue weighted by Crippen LogP contribution is 2.46. The molecule has 0 atom stereocenters. The molecule has 69 heavy (non-hydrogen) atoms. The average Bonchev–Trinajstić information content (AvgIpc) is 4.00. The van der Waals surface area contributed by atoms with Gasteiger partial charge in [0, 0.05) is 43.9 Å². The molecule has 0 aliphatic heterocycles. The van der Waals surface area contributed by atoms with Crippen LogP contribution in [0.15, 0.2) is 258 Å². The molecule has 14 aromatic rings.